The zero-order valence-corrected chi connectivity index (χ0v) is 10.9. The van der Waals surface area contributed by atoms with Crippen LogP contribution in [0.15, 0.2) is 36.5 Å². The Kier molecular flexibility index (Phi) is 2.82. The summed E-state index contributed by atoms with van der Waals surface area (Å²) in [6.07, 6.45) is 5.23. The van der Waals surface area contributed by atoms with Gasteiger partial charge < -0.3 is 5.73 Å². The monoisotopic (exact) mass is 252 g/mol. The Balaban J connectivity index is 2.07. The summed E-state index contributed by atoms with van der Waals surface area (Å²) in [7, 11) is 0. The molecular formula is C16H16N2O. The van der Waals surface area contributed by atoms with Gasteiger partial charge in [-0.3, -0.25) is 4.79 Å². The first-order valence-corrected chi connectivity index (χ1v) is 6.51. The van der Waals surface area contributed by atoms with Crippen LogP contribution in [0.25, 0.3) is 16.3 Å². The minimum Gasteiger partial charge on any atom is -0.383 e. The topological polar surface area (TPSA) is 56.0 Å². The fourth-order valence-corrected chi connectivity index (χ4v) is 2.50. The van der Waals surface area contributed by atoms with Crippen LogP contribution in [-0.4, -0.2) is 10.8 Å². The Morgan fingerprint density at radius 3 is 2.95 bits per heavy atom. The third-order valence-electron chi connectivity index (χ3n) is 3.80. The summed E-state index contributed by atoms with van der Waals surface area (Å²) < 4.78 is 0. The van der Waals surface area contributed by atoms with Crippen LogP contribution < -0.4 is 5.73 Å². The summed E-state index contributed by atoms with van der Waals surface area (Å²) >= 11 is 0. The second-order valence-electron chi connectivity index (χ2n) is 5.14. The molecule has 0 fully saturated rings. The molecule has 1 aromatic heterocycles. The van der Waals surface area contributed by atoms with Crippen LogP contribution in [-0.2, 0) is 4.79 Å². The molecule has 3 nitrogen and oxygen atoms in total. The Morgan fingerprint density at radius 2 is 2.16 bits per heavy atom. The third-order valence-corrected chi connectivity index (χ3v) is 3.80. The molecule has 0 spiro atoms. The zero-order chi connectivity index (χ0) is 13.4. The summed E-state index contributed by atoms with van der Waals surface area (Å²) in [6.45, 7) is 1.98. The lowest BCUT2D eigenvalue weighted by atomic mass is 9.86. The van der Waals surface area contributed by atoms with Crippen LogP contribution in [0.5, 0.6) is 0 Å². The first kappa shape index (κ1) is 11.9. The third kappa shape index (κ3) is 2.12. The molecule has 19 heavy (non-hydrogen) atoms. The summed E-state index contributed by atoms with van der Waals surface area (Å²) in [5.74, 6) is 1.00. The molecule has 0 saturated carbocycles. The highest BCUT2D eigenvalue weighted by molar-refractivity contribution is 5.97. The van der Waals surface area contributed by atoms with Crippen LogP contribution in [0.1, 0.15) is 25.3 Å². The Morgan fingerprint density at radius 1 is 1.32 bits per heavy atom. The highest BCUT2D eigenvalue weighted by Crippen LogP contribution is 2.30. The number of carbonyl (C=O) groups excluding carboxylic acids is 1. The van der Waals surface area contributed by atoms with Crippen molar-refractivity contribution in [2.24, 2.45) is 5.92 Å². The van der Waals surface area contributed by atoms with Crippen molar-refractivity contribution in [1.82, 2.24) is 4.98 Å². The van der Waals surface area contributed by atoms with Gasteiger partial charge in [-0.25, -0.2) is 4.98 Å². The normalized spacial score (nSPS) is 19.5. The number of Topliss-reactive ketones (excluding diaryl/α,β-unsaturated/α-hetero) is 1. The lowest BCUT2D eigenvalue weighted by Crippen LogP contribution is -2.14. The van der Waals surface area contributed by atoms with Crippen molar-refractivity contribution in [2.75, 3.05) is 5.73 Å². The molecule has 1 aliphatic carbocycles. The molecule has 0 amide bonds. The largest absolute Gasteiger partial charge is 0.383 e. The van der Waals surface area contributed by atoms with Crippen molar-refractivity contribution in [2.45, 2.75) is 19.8 Å². The van der Waals surface area contributed by atoms with Crippen LogP contribution in [0.2, 0.25) is 0 Å². The molecular weight excluding hydrogens is 236 g/mol. The predicted octanol–water partition coefficient (Wildman–Crippen LogP) is 3.20. The number of allylic oxidation sites excluding steroid dienone is 2. The molecule has 3 heteroatoms. The molecule has 96 valence electrons. The summed E-state index contributed by atoms with van der Waals surface area (Å²) in [4.78, 5) is 15.9. The van der Waals surface area contributed by atoms with Gasteiger partial charge in [0.2, 0.25) is 0 Å². The summed E-state index contributed by atoms with van der Waals surface area (Å²) in [6, 6.07) is 8.06. The van der Waals surface area contributed by atoms with Crippen molar-refractivity contribution in [3.8, 4) is 0 Å². The van der Waals surface area contributed by atoms with E-state index in [2.05, 4.69) is 17.1 Å². The molecule has 1 aliphatic rings. The number of nitrogen functional groups attached to an aromatic ring is 1. The second kappa shape index (κ2) is 4.50. The number of nitrogens with zero attached hydrogens (tertiary/aromatic N) is 1. The molecule has 0 aliphatic heterocycles. The Labute approximate surface area is 112 Å². The molecule has 0 saturated heterocycles. The number of ketones is 1. The number of hydrogen-bond donors (Lipinski definition) is 1. The van der Waals surface area contributed by atoms with E-state index in [0.29, 0.717) is 18.0 Å². The maximum Gasteiger partial charge on any atom is 0.140 e. The van der Waals surface area contributed by atoms with Crippen molar-refractivity contribution in [1.29, 1.82) is 0 Å². The predicted molar refractivity (Wildman–Crippen MR) is 77.5 cm³/mol. The highest BCUT2D eigenvalue weighted by atomic mass is 16.1. The van der Waals surface area contributed by atoms with Crippen LogP contribution in [0, 0.1) is 5.92 Å². The maximum absolute atomic E-state index is 11.8. The number of nitrogens with two attached hydrogens (primary N) is 1. The smallest absolute Gasteiger partial charge is 0.140 e. The number of hydrogen-bond acceptors (Lipinski definition) is 3. The van der Waals surface area contributed by atoms with Crippen molar-refractivity contribution in [3.63, 3.8) is 0 Å². The van der Waals surface area contributed by atoms with Crippen molar-refractivity contribution < 1.29 is 4.79 Å². The van der Waals surface area contributed by atoms with Gasteiger partial charge in [-0.2, -0.15) is 0 Å². The highest BCUT2D eigenvalue weighted by Gasteiger charge is 2.19. The standard InChI is InChI=1S/C16H16N2O/c1-10-2-3-13(9-15(10)19)12-5-4-11-6-7-18-16(17)14(11)8-12/h3-8,10H,2,9H2,1H3,(H2,17,18). The quantitative estimate of drug-likeness (QED) is 0.848. The van der Waals surface area contributed by atoms with E-state index in [1.165, 1.54) is 0 Å². The molecule has 0 bridgehead atoms. The number of carbonyl (C=O) groups is 1. The Hall–Kier alpha value is -2.16. The van der Waals surface area contributed by atoms with E-state index in [4.69, 9.17) is 5.73 Å². The molecule has 1 unspecified atom stereocenters. The molecule has 1 heterocycles. The number of pyridine rings is 1. The van der Waals surface area contributed by atoms with Gasteiger partial charge in [-0.15, -0.1) is 0 Å². The number of fused-ring (bicyclic) bond motifs is 1. The van der Waals surface area contributed by atoms with Crippen LogP contribution in [0.3, 0.4) is 0 Å². The van der Waals surface area contributed by atoms with Gasteiger partial charge in [0.15, 0.2) is 0 Å². The maximum atomic E-state index is 11.8. The van der Waals surface area contributed by atoms with Crippen LogP contribution >= 0.6 is 0 Å². The van der Waals surface area contributed by atoms with Crippen molar-refractivity contribution >= 4 is 27.9 Å². The number of benzene rings is 1. The van der Waals surface area contributed by atoms with Gasteiger partial charge in [0.1, 0.15) is 11.6 Å². The number of rotatable bonds is 1. The molecule has 1 atom stereocenters. The molecule has 0 radical (unpaired) electrons. The molecule has 2 N–H and O–H groups in total. The summed E-state index contributed by atoms with van der Waals surface area (Å²) in [5.41, 5.74) is 8.09. The average Bonchev–Trinajstić information content (AvgIpc) is 2.42. The minimum absolute atomic E-state index is 0.149. The molecule has 3 rings (SSSR count). The van der Waals surface area contributed by atoms with Gasteiger partial charge in [-0.1, -0.05) is 25.1 Å². The molecule has 1 aromatic carbocycles. The van der Waals surface area contributed by atoms with Gasteiger partial charge in [0.25, 0.3) is 0 Å². The lowest BCUT2D eigenvalue weighted by molar-refractivity contribution is -0.121. The fourth-order valence-electron chi connectivity index (χ4n) is 2.50. The average molecular weight is 252 g/mol. The van der Waals surface area contributed by atoms with Crippen LogP contribution in [0.4, 0.5) is 5.82 Å². The first-order chi connectivity index (χ1) is 9.15. The van der Waals surface area contributed by atoms with Gasteiger partial charge in [0, 0.05) is 23.9 Å². The van der Waals surface area contributed by atoms with E-state index in [0.717, 1.165) is 28.3 Å². The fraction of sp³-hybridized carbons (Fsp3) is 0.250. The van der Waals surface area contributed by atoms with E-state index in [1.54, 1.807) is 6.20 Å². The van der Waals surface area contributed by atoms with E-state index in [9.17, 15) is 4.79 Å². The van der Waals surface area contributed by atoms with Gasteiger partial charge >= 0.3 is 0 Å². The van der Waals surface area contributed by atoms with Gasteiger partial charge in [-0.05, 0) is 35.1 Å². The lowest BCUT2D eigenvalue weighted by Gasteiger charge is -2.18. The van der Waals surface area contributed by atoms with Gasteiger partial charge in [0.05, 0.1) is 0 Å². The summed E-state index contributed by atoms with van der Waals surface area (Å²) in [5, 5.41) is 2.03. The van der Waals surface area contributed by atoms with E-state index in [-0.39, 0.29) is 5.92 Å². The molecule has 2 aromatic rings. The van der Waals surface area contributed by atoms with E-state index >= 15 is 0 Å². The second-order valence-corrected chi connectivity index (χ2v) is 5.14. The Bertz CT molecular complexity index is 688. The first-order valence-electron chi connectivity index (χ1n) is 6.51. The number of anilines is 1. The van der Waals surface area contributed by atoms with Crippen molar-refractivity contribution in [3.05, 3.63) is 42.1 Å². The van der Waals surface area contributed by atoms with E-state index in [1.807, 2.05) is 25.1 Å². The SMILES string of the molecule is CC1CC=C(c2ccc3ccnc(N)c3c2)CC1=O. The van der Waals surface area contributed by atoms with E-state index < -0.39 is 0 Å². The minimum atomic E-state index is 0.149. The number of aromatic nitrogens is 1. The zero-order valence-electron chi connectivity index (χ0n) is 10.9.